The largest absolute Gasteiger partial charge is 0.447 e. The Labute approximate surface area is 128 Å². The molecular formula is C18H15NO3. The molecule has 0 radical (unpaired) electrons. The number of carbonyl (C=O) groups excluding carboxylic acids is 2. The zero-order valence-corrected chi connectivity index (χ0v) is 11.9. The third-order valence-corrected chi connectivity index (χ3v) is 3.44. The second-order valence-corrected chi connectivity index (χ2v) is 4.93. The molecule has 1 aliphatic rings. The van der Waals surface area contributed by atoms with Crippen LogP contribution in [0.3, 0.4) is 0 Å². The van der Waals surface area contributed by atoms with E-state index in [2.05, 4.69) is 0 Å². The van der Waals surface area contributed by atoms with Crippen molar-refractivity contribution in [3.63, 3.8) is 0 Å². The molecule has 3 rings (SSSR count). The average Bonchev–Trinajstić information content (AvgIpc) is 3.00. The summed E-state index contributed by atoms with van der Waals surface area (Å²) in [7, 11) is 0. The molecule has 0 atom stereocenters. The first-order valence-electron chi connectivity index (χ1n) is 7.06. The predicted octanol–water partition coefficient (Wildman–Crippen LogP) is 3.35. The fourth-order valence-corrected chi connectivity index (χ4v) is 2.30. The van der Waals surface area contributed by atoms with Gasteiger partial charge in [-0.1, -0.05) is 48.5 Å². The van der Waals surface area contributed by atoms with Gasteiger partial charge in [0.25, 0.3) is 5.91 Å². The van der Waals surface area contributed by atoms with Crippen LogP contribution < -0.4 is 0 Å². The van der Waals surface area contributed by atoms with Gasteiger partial charge in [0.15, 0.2) is 0 Å². The van der Waals surface area contributed by atoms with Crippen LogP contribution in [0.4, 0.5) is 4.79 Å². The van der Waals surface area contributed by atoms with E-state index in [-0.39, 0.29) is 12.5 Å². The van der Waals surface area contributed by atoms with E-state index in [1.165, 1.54) is 6.08 Å². The van der Waals surface area contributed by atoms with Gasteiger partial charge in [-0.25, -0.2) is 9.69 Å². The van der Waals surface area contributed by atoms with E-state index in [1.54, 1.807) is 6.08 Å². The van der Waals surface area contributed by atoms with Crippen LogP contribution in [0.2, 0.25) is 0 Å². The Morgan fingerprint density at radius 1 is 1.05 bits per heavy atom. The topological polar surface area (TPSA) is 46.6 Å². The van der Waals surface area contributed by atoms with Gasteiger partial charge in [-0.15, -0.1) is 0 Å². The van der Waals surface area contributed by atoms with Gasteiger partial charge in [0, 0.05) is 6.08 Å². The Bertz CT molecular complexity index is 722. The van der Waals surface area contributed by atoms with Gasteiger partial charge in [-0.05, 0) is 28.8 Å². The SMILES string of the molecule is O=C(C=Cc1cccc(-c2ccccc2)c1)N1CCOC1=O. The molecule has 2 aromatic carbocycles. The first-order valence-corrected chi connectivity index (χ1v) is 7.06. The van der Waals surface area contributed by atoms with Crippen LogP contribution >= 0.6 is 0 Å². The number of amides is 2. The quantitative estimate of drug-likeness (QED) is 0.815. The first-order chi connectivity index (χ1) is 10.7. The molecule has 4 nitrogen and oxygen atoms in total. The molecule has 2 aromatic rings. The molecule has 1 heterocycles. The van der Waals surface area contributed by atoms with Gasteiger partial charge >= 0.3 is 6.09 Å². The van der Waals surface area contributed by atoms with Crippen molar-refractivity contribution in [2.24, 2.45) is 0 Å². The monoisotopic (exact) mass is 293 g/mol. The Hall–Kier alpha value is -2.88. The molecule has 22 heavy (non-hydrogen) atoms. The summed E-state index contributed by atoms with van der Waals surface area (Å²) in [6.45, 7) is 0.577. The molecule has 0 aromatic heterocycles. The molecular weight excluding hydrogens is 278 g/mol. The normalized spacial score (nSPS) is 14.4. The fourth-order valence-electron chi connectivity index (χ4n) is 2.30. The third kappa shape index (κ3) is 3.06. The van der Waals surface area contributed by atoms with Crippen molar-refractivity contribution in [1.82, 2.24) is 4.90 Å². The summed E-state index contributed by atoms with van der Waals surface area (Å²) in [4.78, 5) is 24.3. The van der Waals surface area contributed by atoms with Crippen LogP contribution in [0, 0.1) is 0 Å². The van der Waals surface area contributed by atoms with Crippen LogP contribution in [-0.4, -0.2) is 30.1 Å². The summed E-state index contributed by atoms with van der Waals surface area (Å²) in [5.41, 5.74) is 3.10. The van der Waals surface area contributed by atoms with E-state index in [4.69, 9.17) is 4.74 Å². The van der Waals surface area contributed by atoms with Crippen molar-refractivity contribution in [1.29, 1.82) is 0 Å². The maximum absolute atomic E-state index is 11.9. The number of benzene rings is 2. The standard InChI is InChI=1S/C18H15NO3/c20-17(19-11-12-22-18(19)21)10-9-14-5-4-8-16(13-14)15-6-2-1-3-7-15/h1-10,13H,11-12H2. The molecule has 1 fully saturated rings. The van der Waals surface area contributed by atoms with E-state index in [9.17, 15) is 9.59 Å². The van der Waals surface area contributed by atoms with Crippen LogP contribution in [-0.2, 0) is 9.53 Å². The van der Waals surface area contributed by atoms with E-state index in [0.29, 0.717) is 6.54 Å². The van der Waals surface area contributed by atoms with Crippen molar-refractivity contribution < 1.29 is 14.3 Å². The van der Waals surface area contributed by atoms with Crippen molar-refractivity contribution in [2.45, 2.75) is 0 Å². The number of imide groups is 1. The molecule has 0 spiro atoms. The lowest BCUT2D eigenvalue weighted by Gasteiger charge is -2.06. The molecule has 0 unspecified atom stereocenters. The van der Waals surface area contributed by atoms with E-state index in [0.717, 1.165) is 21.6 Å². The Balaban J connectivity index is 1.77. The van der Waals surface area contributed by atoms with E-state index in [1.807, 2.05) is 54.6 Å². The zero-order chi connectivity index (χ0) is 15.4. The first kappa shape index (κ1) is 14.1. The Morgan fingerprint density at radius 3 is 2.55 bits per heavy atom. The summed E-state index contributed by atoms with van der Waals surface area (Å²) < 4.78 is 4.75. The van der Waals surface area contributed by atoms with Crippen molar-refractivity contribution >= 4 is 18.1 Å². The molecule has 0 N–H and O–H groups in total. The number of rotatable bonds is 3. The molecule has 0 aliphatic carbocycles. The summed E-state index contributed by atoms with van der Waals surface area (Å²) in [5, 5.41) is 0. The number of nitrogens with zero attached hydrogens (tertiary/aromatic N) is 1. The van der Waals surface area contributed by atoms with Crippen LogP contribution in [0.1, 0.15) is 5.56 Å². The van der Waals surface area contributed by atoms with Gasteiger partial charge in [0.2, 0.25) is 0 Å². The highest BCUT2D eigenvalue weighted by molar-refractivity contribution is 6.01. The van der Waals surface area contributed by atoms with Crippen molar-refractivity contribution in [2.75, 3.05) is 13.2 Å². The molecule has 1 saturated heterocycles. The van der Waals surface area contributed by atoms with Gasteiger partial charge in [0.05, 0.1) is 6.54 Å². The highest BCUT2D eigenvalue weighted by atomic mass is 16.6. The molecule has 0 bridgehead atoms. The minimum atomic E-state index is -0.576. The van der Waals surface area contributed by atoms with E-state index < -0.39 is 6.09 Å². The van der Waals surface area contributed by atoms with Gasteiger partial charge < -0.3 is 4.74 Å². The summed E-state index contributed by atoms with van der Waals surface area (Å²) in [6.07, 6.45) is 2.53. The molecule has 4 heteroatoms. The lowest BCUT2D eigenvalue weighted by molar-refractivity contribution is -0.122. The maximum atomic E-state index is 11.9. The highest BCUT2D eigenvalue weighted by Gasteiger charge is 2.26. The number of cyclic esters (lactones) is 1. The minimum Gasteiger partial charge on any atom is -0.447 e. The van der Waals surface area contributed by atoms with Gasteiger partial charge in [-0.3, -0.25) is 4.79 Å². The summed E-state index contributed by atoms with van der Waals surface area (Å²) >= 11 is 0. The lowest BCUT2D eigenvalue weighted by Crippen LogP contribution is -2.29. The van der Waals surface area contributed by atoms with Crippen molar-refractivity contribution in [3.05, 3.63) is 66.2 Å². The Kier molecular flexibility index (Phi) is 4.01. The van der Waals surface area contributed by atoms with Gasteiger partial charge in [0.1, 0.15) is 6.61 Å². The number of carbonyl (C=O) groups is 2. The predicted molar refractivity (Wildman–Crippen MR) is 84.0 cm³/mol. The Morgan fingerprint density at radius 2 is 1.82 bits per heavy atom. The number of hydrogen-bond donors (Lipinski definition) is 0. The third-order valence-electron chi connectivity index (χ3n) is 3.44. The molecule has 2 amide bonds. The lowest BCUT2D eigenvalue weighted by atomic mass is 10.0. The highest BCUT2D eigenvalue weighted by Crippen LogP contribution is 2.20. The second kappa shape index (κ2) is 6.26. The van der Waals surface area contributed by atoms with E-state index >= 15 is 0 Å². The second-order valence-electron chi connectivity index (χ2n) is 4.93. The average molecular weight is 293 g/mol. The minimum absolute atomic E-state index is 0.266. The summed E-state index contributed by atoms with van der Waals surface area (Å²) in [5.74, 6) is -0.354. The summed E-state index contributed by atoms with van der Waals surface area (Å²) in [6, 6.07) is 17.9. The van der Waals surface area contributed by atoms with Crippen LogP contribution in [0.25, 0.3) is 17.2 Å². The maximum Gasteiger partial charge on any atom is 0.416 e. The molecule has 0 saturated carbocycles. The number of ether oxygens (including phenoxy) is 1. The van der Waals surface area contributed by atoms with Gasteiger partial charge in [-0.2, -0.15) is 0 Å². The molecule has 110 valence electrons. The number of hydrogen-bond acceptors (Lipinski definition) is 3. The smallest absolute Gasteiger partial charge is 0.416 e. The van der Waals surface area contributed by atoms with Crippen LogP contribution in [0.15, 0.2) is 60.7 Å². The molecule has 1 aliphatic heterocycles. The fraction of sp³-hybridized carbons (Fsp3) is 0.111. The van der Waals surface area contributed by atoms with Crippen LogP contribution in [0.5, 0.6) is 0 Å². The zero-order valence-electron chi connectivity index (χ0n) is 11.9. The van der Waals surface area contributed by atoms with Crippen molar-refractivity contribution in [3.8, 4) is 11.1 Å².